The standard InChI is InChI=1S/C27H27ClN4O5/c28-21-14-10-19(11-15-21)18-30(24-8-4-5-9-25(24)32(36)37)26(20-12-16-23(17-13-20)31(34)35)27(33)29-22-6-2-1-3-7-22/h4-5,8-17,22,26H,1-3,6-7,18H2,(H,29,33). The molecule has 0 heterocycles. The van der Waals surface area contributed by atoms with Gasteiger partial charge in [-0.1, -0.05) is 55.1 Å². The third kappa shape index (κ3) is 6.42. The summed E-state index contributed by atoms with van der Waals surface area (Å²) in [5, 5.41) is 26.9. The molecule has 1 saturated carbocycles. The number of nitrogens with zero attached hydrogens (tertiary/aromatic N) is 3. The minimum absolute atomic E-state index is 0.00457. The topological polar surface area (TPSA) is 119 Å². The molecule has 1 unspecified atom stereocenters. The molecule has 1 fully saturated rings. The summed E-state index contributed by atoms with van der Waals surface area (Å²) in [6.07, 6.45) is 4.89. The molecular formula is C27H27ClN4O5. The lowest BCUT2D eigenvalue weighted by molar-refractivity contribution is -0.384. The number of nitro benzene ring substituents is 2. The van der Waals surface area contributed by atoms with Crippen molar-refractivity contribution in [2.24, 2.45) is 0 Å². The largest absolute Gasteiger partial charge is 0.351 e. The lowest BCUT2D eigenvalue weighted by atomic mass is 9.94. The number of nitrogens with one attached hydrogen (secondary N) is 1. The van der Waals surface area contributed by atoms with E-state index >= 15 is 0 Å². The predicted molar refractivity (Wildman–Crippen MR) is 142 cm³/mol. The second-order valence-corrected chi connectivity index (χ2v) is 9.53. The van der Waals surface area contributed by atoms with Crippen LogP contribution in [-0.4, -0.2) is 21.8 Å². The third-order valence-electron chi connectivity index (χ3n) is 6.59. The van der Waals surface area contributed by atoms with Crippen LogP contribution in [0.25, 0.3) is 0 Å². The number of carbonyl (C=O) groups excluding carboxylic acids is 1. The molecule has 1 amide bonds. The van der Waals surface area contributed by atoms with E-state index < -0.39 is 15.9 Å². The lowest BCUT2D eigenvalue weighted by Gasteiger charge is -2.34. The number of hydrogen-bond donors (Lipinski definition) is 1. The molecule has 37 heavy (non-hydrogen) atoms. The minimum Gasteiger partial charge on any atom is -0.351 e. The molecule has 1 atom stereocenters. The number of carbonyl (C=O) groups is 1. The Balaban J connectivity index is 1.82. The maximum Gasteiger partial charge on any atom is 0.292 e. The summed E-state index contributed by atoms with van der Waals surface area (Å²) in [4.78, 5) is 37.8. The molecule has 1 N–H and O–H groups in total. The van der Waals surface area contributed by atoms with Crippen LogP contribution in [0.5, 0.6) is 0 Å². The van der Waals surface area contributed by atoms with Crippen molar-refractivity contribution in [1.29, 1.82) is 0 Å². The average Bonchev–Trinajstić information content (AvgIpc) is 2.90. The molecule has 0 spiro atoms. The van der Waals surface area contributed by atoms with E-state index in [1.807, 2.05) is 0 Å². The molecule has 0 aromatic heterocycles. The van der Waals surface area contributed by atoms with E-state index in [1.165, 1.54) is 30.3 Å². The summed E-state index contributed by atoms with van der Waals surface area (Å²) in [6.45, 7) is 0.168. The maximum absolute atomic E-state index is 13.9. The Morgan fingerprint density at radius 2 is 1.57 bits per heavy atom. The Morgan fingerprint density at radius 3 is 2.19 bits per heavy atom. The van der Waals surface area contributed by atoms with Gasteiger partial charge in [0, 0.05) is 35.8 Å². The molecule has 3 aromatic carbocycles. The summed E-state index contributed by atoms with van der Waals surface area (Å²) < 4.78 is 0. The van der Waals surface area contributed by atoms with Crippen LogP contribution in [0, 0.1) is 20.2 Å². The quantitative estimate of drug-likeness (QED) is 0.258. The molecule has 0 bridgehead atoms. The second-order valence-electron chi connectivity index (χ2n) is 9.09. The zero-order valence-electron chi connectivity index (χ0n) is 20.1. The molecule has 192 valence electrons. The highest BCUT2D eigenvalue weighted by molar-refractivity contribution is 6.30. The van der Waals surface area contributed by atoms with Crippen molar-refractivity contribution >= 4 is 34.6 Å². The molecule has 10 heteroatoms. The van der Waals surface area contributed by atoms with Gasteiger partial charge in [0.05, 0.1) is 9.85 Å². The van der Waals surface area contributed by atoms with Gasteiger partial charge in [0.25, 0.3) is 11.4 Å². The molecule has 0 radical (unpaired) electrons. The number of nitro groups is 2. The molecule has 9 nitrogen and oxygen atoms in total. The summed E-state index contributed by atoms with van der Waals surface area (Å²) in [5.74, 6) is -0.312. The van der Waals surface area contributed by atoms with Crippen LogP contribution in [0.4, 0.5) is 17.1 Å². The van der Waals surface area contributed by atoms with Crippen LogP contribution in [0.15, 0.2) is 72.8 Å². The average molecular weight is 523 g/mol. The van der Waals surface area contributed by atoms with Gasteiger partial charge in [-0.3, -0.25) is 25.0 Å². The molecule has 4 rings (SSSR count). The first-order valence-electron chi connectivity index (χ1n) is 12.1. The lowest BCUT2D eigenvalue weighted by Crippen LogP contribution is -2.45. The number of rotatable bonds is 9. The monoisotopic (exact) mass is 522 g/mol. The van der Waals surface area contributed by atoms with E-state index in [9.17, 15) is 25.0 Å². The molecule has 0 aliphatic heterocycles. The van der Waals surface area contributed by atoms with Gasteiger partial charge >= 0.3 is 0 Å². The highest BCUT2D eigenvalue weighted by atomic mass is 35.5. The first kappa shape index (κ1) is 26.1. The van der Waals surface area contributed by atoms with Crippen molar-refractivity contribution in [3.63, 3.8) is 0 Å². The fourth-order valence-electron chi connectivity index (χ4n) is 4.74. The number of halogens is 1. The number of amides is 1. The summed E-state index contributed by atoms with van der Waals surface area (Å²) in [7, 11) is 0. The van der Waals surface area contributed by atoms with Crippen molar-refractivity contribution in [2.75, 3.05) is 4.90 Å². The zero-order chi connectivity index (χ0) is 26.4. The van der Waals surface area contributed by atoms with Gasteiger partial charge in [0.2, 0.25) is 5.91 Å². The van der Waals surface area contributed by atoms with Crippen molar-refractivity contribution in [3.8, 4) is 0 Å². The van der Waals surface area contributed by atoms with Gasteiger partial charge in [-0.25, -0.2) is 0 Å². The minimum atomic E-state index is -0.973. The van der Waals surface area contributed by atoms with E-state index in [1.54, 1.807) is 47.4 Å². The van der Waals surface area contributed by atoms with Crippen molar-refractivity contribution < 1.29 is 14.6 Å². The van der Waals surface area contributed by atoms with E-state index in [-0.39, 0.29) is 35.6 Å². The SMILES string of the molecule is O=C(NC1CCCCC1)C(c1ccc([N+](=O)[O-])cc1)N(Cc1ccc(Cl)cc1)c1ccccc1[N+](=O)[O-]. The Morgan fingerprint density at radius 1 is 0.919 bits per heavy atom. The van der Waals surface area contributed by atoms with Crippen LogP contribution >= 0.6 is 11.6 Å². The highest BCUT2D eigenvalue weighted by Gasteiger charge is 2.33. The van der Waals surface area contributed by atoms with Crippen molar-refractivity contribution in [2.45, 2.75) is 50.7 Å². The number of non-ortho nitro benzene ring substituents is 1. The fourth-order valence-corrected chi connectivity index (χ4v) is 4.87. The van der Waals surface area contributed by atoms with Gasteiger partial charge in [0.1, 0.15) is 11.7 Å². The first-order chi connectivity index (χ1) is 17.8. The Labute approximate surface area is 219 Å². The van der Waals surface area contributed by atoms with Crippen LogP contribution < -0.4 is 10.2 Å². The van der Waals surface area contributed by atoms with Gasteiger partial charge in [-0.2, -0.15) is 0 Å². The molecule has 1 aliphatic rings. The number of hydrogen-bond acceptors (Lipinski definition) is 6. The molecule has 0 saturated heterocycles. The number of anilines is 1. The van der Waals surface area contributed by atoms with Crippen LogP contribution in [0.1, 0.15) is 49.3 Å². The normalized spacial score (nSPS) is 14.5. The maximum atomic E-state index is 13.9. The zero-order valence-corrected chi connectivity index (χ0v) is 20.8. The Hall–Kier alpha value is -3.98. The second kappa shape index (κ2) is 11.8. The fraction of sp³-hybridized carbons (Fsp3) is 0.296. The van der Waals surface area contributed by atoms with E-state index in [2.05, 4.69) is 5.32 Å². The molecular weight excluding hydrogens is 496 g/mol. The molecule has 1 aliphatic carbocycles. The first-order valence-corrected chi connectivity index (χ1v) is 12.5. The van der Waals surface area contributed by atoms with Gasteiger partial charge in [-0.05, 0) is 54.3 Å². The highest BCUT2D eigenvalue weighted by Crippen LogP contribution is 2.37. The van der Waals surface area contributed by atoms with Gasteiger partial charge < -0.3 is 10.2 Å². The van der Waals surface area contributed by atoms with Crippen LogP contribution in [0.3, 0.4) is 0 Å². The summed E-state index contributed by atoms with van der Waals surface area (Å²) in [5.41, 5.74) is 1.30. The van der Waals surface area contributed by atoms with Gasteiger partial charge in [0.15, 0.2) is 0 Å². The van der Waals surface area contributed by atoms with Crippen LogP contribution in [-0.2, 0) is 11.3 Å². The predicted octanol–water partition coefficient (Wildman–Crippen LogP) is 6.35. The van der Waals surface area contributed by atoms with E-state index in [0.29, 0.717) is 10.6 Å². The third-order valence-corrected chi connectivity index (χ3v) is 6.84. The summed E-state index contributed by atoms with van der Waals surface area (Å²) >= 11 is 6.07. The van der Waals surface area contributed by atoms with Crippen molar-refractivity contribution in [3.05, 3.63) is 109 Å². The van der Waals surface area contributed by atoms with E-state index in [4.69, 9.17) is 11.6 Å². The smallest absolute Gasteiger partial charge is 0.292 e. The van der Waals surface area contributed by atoms with E-state index in [0.717, 1.165) is 37.7 Å². The summed E-state index contributed by atoms with van der Waals surface area (Å²) in [6, 6.07) is 18.1. The Bertz CT molecular complexity index is 1260. The number of benzene rings is 3. The number of para-hydroxylation sites is 2. The van der Waals surface area contributed by atoms with Crippen molar-refractivity contribution in [1.82, 2.24) is 5.32 Å². The van der Waals surface area contributed by atoms with Gasteiger partial charge in [-0.15, -0.1) is 0 Å². The molecule has 3 aromatic rings. The van der Waals surface area contributed by atoms with Crippen LogP contribution in [0.2, 0.25) is 5.02 Å². The Kier molecular flexibility index (Phi) is 8.35.